The molecule has 0 amide bonds. The lowest BCUT2D eigenvalue weighted by atomic mass is 10.1. The highest BCUT2D eigenvalue weighted by Gasteiger charge is 2.19. The number of hydrogen-bond donors (Lipinski definition) is 3. The Morgan fingerprint density at radius 2 is 1.93 bits per heavy atom. The first-order valence-electron chi connectivity index (χ1n) is 7.57. The largest absolute Gasteiger partial charge is 0.501 e. The van der Waals surface area contributed by atoms with Gasteiger partial charge in [-0.3, -0.25) is 4.79 Å². The minimum absolute atomic E-state index is 0.0697. The molecular formula is C17H13N3O6S. The minimum Gasteiger partial charge on any atom is -0.501 e. The van der Waals surface area contributed by atoms with Crippen LogP contribution in [0.4, 0.5) is 0 Å². The van der Waals surface area contributed by atoms with Crippen molar-refractivity contribution in [3.63, 3.8) is 0 Å². The Kier molecular flexibility index (Phi) is 4.74. The molecule has 2 heterocycles. The van der Waals surface area contributed by atoms with Gasteiger partial charge in [-0.2, -0.15) is 0 Å². The Balaban J connectivity index is 2.00. The Bertz CT molecular complexity index is 1170. The molecule has 9 nitrogen and oxygen atoms in total. The molecule has 0 radical (unpaired) electrons. The Morgan fingerprint density at radius 1 is 1.15 bits per heavy atom. The van der Waals surface area contributed by atoms with Gasteiger partial charge in [-0.1, -0.05) is 24.3 Å². The van der Waals surface area contributed by atoms with Crippen LogP contribution in [0.5, 0.6) is 5.75 Å². The molecule has 0 fully saturated rings. The smallest absolute Gasteiger partial charge is 0.358 e. The summed E-state index contributed by atoms with van der Waals surface area (Å²) in [6.07, 6.45) is 1.38. The first-order chi connectivity index (χ1) is 12.8. The van der Waals surface area contributed by atoms with Gasteiger partial charge < -0.3 is 15.2 Å². The highest BCUT2D eigenvalue weighted by molar-refractivity contribution is 7.90. The van der Waals surface area contributed by atoms with Crippen molar-refractivity contribution in [2.24, 2.45) is 0 Å². The number of nitrogens with zero attached hydrogens (tertiary/aromatic N) is 2. The molecule has 10 heteroatoms. The van der Waals surface area contributed by atoms with E-state index in [1.54, 1.807) is 24.3 Å². The third kappa shape index (κ3) is 3.85. The number of aromatic carboxylic acids is 1. The van der Waals surface area contributed by atoms with Crippen LogP contribution >= 0.6 is 0 Å². The van der Waals surface area contributed by atoms with E-state index in [0.29, 0.717) is 11.1 Å². The van der Waals surface area contributed by atoms with E-state index >= 15 is 0 Å². The zero-order valence-corrected chi connectivity index (χ0v) is 14.5. The van der Waals surface area contributed by atoms with Crippen LogP contribution in [-0.4, -0.2) is 39.6 Å². The second-order valence-corrected chi connectivity index (χ2v) is 7.48. The molecule has 0 aliphatic carbocycles. The fraction of sp³-hybridized carbons (Fsp3) is 0.0588. The average molecular weight is 387 g/mol. The number of hydrogen-bond acceptors (Lipinski definition) is 7. The van der Waals surface area contributed by atoms with Crippen LogP contribution in [0.3, 0.4) is 0 Å². The van der Waals surface area contributed by atoms with Crippen LogP contribution in [0.1, 0.15) is 16.1 Å². The summed E-state index contributed by atoms with van der Waals surface area (Å²) in [5, 5.41) is 18.5. The quantitative estimate of drug-likeness (QED) is 0.591. The van der Waals surface area contributed by atoms with Crippen molar-refractivity contribution in [1.29, 1.82) is 0 Å². The molecule has 27 heavy (non-hydrogen) atoms. The number of carbonyl (C=O) groups is 1. The van der Waals surface area contributed by atoms with Crippen molar-refractivity contribution in [1.82, 2.24) is 15.0 Å². The normalized spacial score (nSPS) is 11.3. The van der Waals surface area contributed by atoms with Crippen LogP contribution in [0.2, 0.25) is 0 Å². The first kappa shape index (κ1) is 18.3. The number of rotatable bonds is 5. The standard InChI is InChI=1S/C17H13N3O6S/c21-14-13(17(23)24)19-15(20-16(14)22)11-5-3-4-10(8-11)9-27(25,26)12-6-1-2-7-18-12/h1-8,21H,9H2,(H,23,24)(H,19,20,22). The lowest BCUT2D eigenvalue weighted by molar-refractivity contribution is 0.0686. The molecule has 0 atom stereocenters. The number of H-pyrrole nitrogens is 1. The Hall–Kier alpha value is -3.53. The zero-order chi connectivity index (χ0) is 19.6. The topological polar surface area (TPSA) is 150 Å². The molecule has 0 saturated heterocycles. The molecule has 0 saturated carbocycles. The van der Waals surface area contributed by atoms with Crippen LogP contribution in [-0.2, 0) is 15.6 Å². The van der Waals surface area contributed by atoms with Crippen molar-refractivity contribution >= 4 is 15.8 Å². The summed E-state index contributed by atoms with van der Waals surface area (Å²) in [5.74, 6) is -3.01. The number of sulfone groups is 1. The molecule has 0 bridgehead atoms. The molecule has 0 aliphatic rings. The van der Waals surface area contributed by atoms with Gasteiger partial charge in [0.05, 0.1) is 5.75 Å². The van der Waals surface area contributed by atoms with Gasteiger partial charge >= 0.3 is 5.97 Å². The summed E-state index contributed by atoms with van der Waals surface area (Å²) < 4.78 is 24.9. The second-order valence-electron chi connectivity index (χ2n) is 5.54. The van der Waals surface area contributed by atoms with Crippen molar-refractivity contribution in [2.45, 2.75) is 10.8 Å². The van der Waals surface area contributed by atoms with E-state index in [2.05, 4.69) is 15.0 Å². The maximum Gasteiger partial charge on any atom is 0.358 e. The zero-order valence-electron chi connectivity index (χ0n) is 13.7. The minimum atomic E-state index is -3.69. The molecule has 2 aromatic heterocycles. The SMILES string of the molecule is O=C(O)c1nc(-c2cccc(CS(=O)(=O)c3ccccn3)c2)[nH]c(=O)c1O. The lowest BCUT2D eigenvalue weighted by Gasteiger charge is -2.07. The third-order valence-corrected chi connectivity index (χ3v) is 5.20. The number of aromatic hydroxyl groups is 1. The number of carboxylic acids is 1. The van der Waals surface area contributed by atoms with Crippen LogP contribution in [0, 0.1) is 0 Å². The van der Waals surface area contributed by atoms with Gasteiger partial charge in [0, 0.05) is 11.8 Å². The van der Waals surface area contributed by atoms with E-state index < -0.39 is 32.8 Å². The average Bonchev–Trinajstić information content (AvgIpc) is 2.64. The van der Waals surface area contributed by atoms with E-state index in [9.17, 15) is 23.1 Å². The Morgan fingerprint density at radius 3 is 2.59 bits per heavy atom. The molecule has 0 spiro atoms. The number of nitrogens with one attached hydrogen (secondary N) is 1. The predicted molar refractivity (Wildman–Crippen MR) is 94.0 cm³/mol. The van der Waals surface area contributed by atoms with E-state index in [4.69, 9.17) is 5.11 Å². The number of carboxylic acid groups (broad SMARTS) is 1. The summed E-state index contributed by atoms with van der Waals surface area (Å²) in [6, 6.07) is 10.7. The fourth-order valence-electron chi connectivity index (χ4n) is 2.39. The van der Waals surface area contributed by atoms with E-state index in [1.165, 1.54) is 24.4 Å². The van der Waals surface area contributed by atoms with Crippen molar-refractivity contribution in [3.05, 3.63) is 70.3 Å². The van der Waals surface area contributed by atoms with Crippen molar-refractivity contribution in [3.8, 4) is 17.1 Å². The van der Waals surface area contributed by atoms with E-state index in [0.717, 1.165) is 0 Å². The summed E-state index contributed by atoms with van der Waals surface area (Å²) in [4.78, 5) is 32.7. The highest BCUT2D eigenvalue weighted by Crippen LogP contribution is 2.21. The number of benzene rings is 1. The van der Waals surface area contributed by atoms with Gasteiger partial charge in [0.25, 0.3) is 5.56 Å². The van der Waals surface area contributed by atoms with Crippen LogP contribution in [0.15, 0.2) is 58.5 Å². The highest BCUT2D eigenvalue weighted by atomic mass is 32.2. The Labute approximate surface area is 152 Å². The maximum absolute atomic E-state index is 12.4. The lowest BCUT2D eigenvalue weighted by Crippen LogP contribution is -2.15. The molecular weight excluding hydrogens is 374 g/mol. The molecule has 0 unspecified atom stereocenters. The molecule has 0 aliphatic heterocycles. The molecule has 138 valence electrons. The molecule has 3 aromatic rings. The second kappa shape index (κ2) is 7.00. The van der Waals surface area contributed by atoms with Crippen LogP contribution in [0.25, 0.3) is 11.4 Å². The first-order valence-corrected chi connectivity index (χ1v) is 9.23. The van der Waals surface area contributed by atoms with Crippen LogP contribution < -0.4 is 5.56 Å². The summed E-state index contributed by atoms with van der Waals surface area (Å²) in [5.41, 5.74) is -1.11. The van der Waals surface area contributed by atoms with Gasteiger partial charge in [-0.05, 0) is 23.8 Å². The predicted octanol–water partition coefficient (Wildman–Crippen LogP) is 1.21. The summed E-state index contributed by atoms with van der Waals surface area (Å²) in [6.45, 7) is 0. The number of aromatic nitrogens is 3. The maximum atomic E-state index is 12.4. The number of aromatic amines is 1. The van der Waals surface area contributed by atoms with E-state index in [1.807, 2.05) is 0 Å². The van der Waals surface area contributed by atoms with Crippen molar-refractivity contribution < 1.29 is 23.4 Å². The van der Waals surface area contributed by atoms with Gasteiger partial charge in [-0.15, -0.1) is 0 Å². The molecule has 3 N–H and O–H groups in total. The molecule has 3 rings (SSSR count). The summed E-state index contributed by atoms with van der Waals surface area (Å²) >= 11 is 0. The number of pyridine rings is 1. The van der Waals surface area contributed by atoms with Gasteiger partial charge in [0.1, 0.15) is 5.82 Å². The third-order valence-electron chi connectivity index (χ3n) is 3.61. The van der Waals surface area contributed by atoms with Crippen molar-refractivity contribution in [2.75, 3.05) is 0 Å². The van der Waals surface area contributed by atoms with Gasteiger partial charge in [0.2, 0.25) is 5.75 Å². The monoisotopic (exact) mass is 387 g/mol. The van der Waals surface area contributed by atoms with Gasteiger partial charge in [-0.25, -0.2) is 23.2 Å². The molecule has 1 aromatic carbocycles. The van der Waals surface area contributed by atoms with E-state index in [-0.39, 0.29) is 16.6 Å². The summed E-state index contributed by atoms with van der Waals surface area (Å²) in [7, 11) is -3.69. The van der Waals surface area contributed by atoms with Gasteiger partial charge in [0.15, 0.2) is 20.6 Å². The fourth-order valence-corrected chi connectivity index (χ4v) is 3.66.